The van der Waals surface area contributed by atoms with Crippen molar-refractivity contribution in [3.05, 3.63) is 65.7 Å². The zero-order valence-electron chi connectivity index (χ0n) is 12.9. The van der Waals surface area contributed by atoms with Gasteiger partial charge in [-0.2, -0.15) is 0 Å². The molecule has 0 radical (unpaired) electrons. The first-order valence-electron chi connectivity index (χ1n) is 7.32. The molecule has 4 heteroatoms. The SMILES string of the molecule is CC(C)c1ccc(OCC(=O)NOCc2ccccc2)cc1. The molecule has 0 atom stereocenters. The summed E-state index contributed by atoms with van der Waals surface area (Å²) in [7, 11) is 0. The molecule has 0 saturated carbocycles. The molecule has 0 bridgehead atoms. The van der Waals surface area contributed by atoms with Gasteiger partial charge in [0.05, 0.1) is 6.61 Å². The minimum atomic E-state index is -0.316. The second-order valence-electron chi connectivity index (χ2n) is 5.31. The normalized spacial score (nSPS) is 10.5. The predicted molar refractivity (Wildman–Crippen MR) is 85.4 cm³/mol. The van der Waals surface area contributed by atoms with Crippen molar-refractivity contribution in [3.8, 4) is 5.75 Å². The fourth-order valence-electron chi connectivity index (χ4n) is 1.90. The topological polar surface area (TPSA) is 47.6 Å². The van der Waals surface area contributed by atoms with E-state index in [1.54, 1.807) is 0 Å². The van der Waals surface area contributed by atoms with Gasteiger partial charge in [-0.15, -0.1) is 0 Å². The van der Waals surface area contributed by atoms with Crippen LogP contribution < -0.4 is 10.2 Å². The van der Waals surface area contributed by atoms with E-state index in [1.165, 1.54) is 5.56 Å². The molecule has 1 N–H and O–H groups in total. The molecule has 0 unspecified atom stereocenters. The van der Waals surface area contributed by atoms with Crippen molar-refractivity contribution in [1.29, 1.82) is 0 Å². The third kappa shape index (κ3) is 5.22. The van der Waals surface area contributed by atoms with Crippen LogP contribution in [-0.4, -0.2) is 12.5 Å². The Morgan fingerprint density at radius 3 is 2.36 bits per heavy atom. The summed E-state index contributed by atoms with van der Waals surface area (Å²) in [5, 5.41) is 0. The van der Waals surface area contributed by atoms with E-state index in [9.17, 15) is 4.79 Å². The standard InChI is InChI=1S/C18H21NO3/c1-14(2)16-8-10-17(11-9-16)21-13-18(20)19-22-12-15-6-4-3-5-7-15/h3-11,14H,12-13H2,1-2H3,(H,19,20). The third-order valence-corrected chi connectivity index (χ3v) is 3.18. The quantitative estimate of drug-likeness (QED) is 0.797. The van der Waals surface area contributed by atoms with E-state index in [2.05, 4.69) is 19.3 Å². The first-order valence-corrected chi connectivity index (χ1v) is 7.32. The Bertz CT molecular complexity index is 579. The van der Waals surface area contributed by atoms with Crippen LogP contribution in [0, 0.1) is 0 Å². The number of nitrogens with one attached hydrogen (secondary N) is 1. The smallest absolute Gasteiger partial charge is 0.281 e. The number of benzene rings is 2. The second kappa shape index (κ2) is 8.20. The molecule has 0 aliphatic carbocycles. The Kier molecular flexibility index (Phi) is 5.98. The maximum Gasteiger partial charge on any atom is 0.281 e. The van der Waals surface area contributed by atoms with E-state index in [0.29, 0.717) is 18.3 Å². The van der Waals surface area contributed by atoms with Gasteiger partial charge in [-0.25, -0.2) is 5.48 Å². The highest BCUT2D eigenvalue weighted by atomic mass is 16.7. The Balaban J connectivity index is 1.69. The highest BCUT2D eigenvalue weighted by Crippen LogP contribution is 2.18. The number of hydroxylamine groups is 1. The molecule has 2 aromatic rings. The van der Waals surface area contributed by atoms with Gasteiger partial charge in [0, 0.05) is 0 Å². The Hall–Kier alpha value is -2.33. The summed E-state index contributed by atoms with van der Waals surface area (Å²) in [4.78, 5) is 16.8. The van der Waals surface area contributed by atoms with Crippen molar-refractivity contribution in [2.75, 3.05) is 6.61 Å². The number of amides is 1. The average molecular weight is 299 g/mol. The molecule has 0 aromatic heterocycles. The van der Waals surface area contributed by atoms with Crippen molar-refractivity contribution in [2.24, 2.45) is 0 Å². The summed E-state index contributed by atoms with van der Waals surface area (Å²) >= 11 is 0. The molecule has 116 valence electrons. The van der Waals surface area contributed by atoms with Gasteiger partial charge in [0.2, 0.25) is 0 Å². The van der Waals surface area contributed by atoms with Crippen LogP contribution in [0.5, 0.6) is 5.75 Å². The minimum absolute atomic E-state index is 0.0736. The third-order valence-electron chi connectivity index (χ3n) is 3.18. The molecular formula is C18H21NO3. The van der Waals surface area contributed by atoms with E-state index in [-0.39, 0.29) is 12.5 Å². The number of rotatable bonds is 7. The molecule has 2 aromatic carbocycles. The zero-order chi connectivity index (χ0) is 15.8. The summed E-state index contributed by atoms with van der Waals surface area (Å²) in [6, 6.07) is 17.4. The van der Waals surface area contributed by atoms with Gasteiger partial charge in [0.15, 0.2) is 6.61 Å². The highest BCUT2D eigenvalue weighted by Gasteiger charge is 2.04. The predicted octanol–water partition coefficient (Wildman–Crippen LogP) is 3.44. The second-order valence-corrected chi connectivity index (χ2v) is 5.31. The Morgan fingerprint density at radius 2 is 1.73 bits per heavy atom. The lowest BCUT2D eigenvalue weighted by Crippen LogP contribution is -2.28. The van der Waals surface area contributed by atoms with Crippen LogP contribution in [0.25, 0.3) is 0 Å². The average Bonchev–Trinajstić information content (AvgIpc) is 2.54. The van der Waals surface area contributed by atoms with Crippen LogP contribution >= 0.6 is 0 Å². The van der Waals surface area contributed by atoms with Crippen LogP contribution in [0.3, 0.4) is 0 Å². The maximum atomic E-state index is 11.6. The van der Waals surface area contributed by atoms with Crippen molar-refractivity contribution in [3.63, 3.8) is 0 Å². The van der Waals surface area contributed by atoms with E-state index in [0.717, 1.165) is 5.56 Å². The molecule has 4 nitrogen and oxygen atoms in total. The largest absolute Gasteiger partial charge is 0.484 e. The molecular weight excluding hydrogens is 278 g/mol. The number of carbonyl (C=O) groups excluding carboxylic acids is 1. The van der Waals surface area contributed by atoms with Gasteiger partial charge in [-0.3, -0.25) is 9.63 Å². The summed E-state index contributed by atoms with van der Waals surface area (Å²) in [5.41, 5.74) is 4.60. The van der Waals surface area contributed by atoms with E-state index in [4.69, 9.17) is 9.57 Å². The summed E-state index contributed by atoms with van der Waals surface area (Å²) in [6.45, 7) is 4.52. The fraction of sp³-hybridized carbons (Fsp3) is 0.278. The minimum Gasteiger partial charge on any atom is -0.484 e. The van der Waals surface area contributed by atoms with Gasteiger partial charge >= 0.3 is 0 Å². The Labute approximate surface area is 131 Å². The van der Waals surface area contributed by atoms with Gasteiger partial charge in [-0.05, 0) is 29.2 Å². The molecule has 0 heterocycles. The van der Waals surface area contributed by atoms with Crippen molar-refractivity contribution in [1.82, 2.24) is 5.48 Å². The first kappa shape index (κ1) is 16.0. The van der Waals surface area contributed by atoms with Gasteiger partial charge in [-0.1, -0.05) is 56.3 Å². The van der Waals surface area contributed by atoms with E-state index < -0.39 is 0 Å². The van der Waals surface area contributed by atoms with Crippen LogP contribution in [0.2, 0.25) is 0 Å². The number of hydrogen-bond acceptors (Lipinski definition) is 3. The van der Waals surface area contributed by atoms with Crippen molar-refractivity contribution >= 4 is 5.91 Å². The van der Waals surface area contributed by atoms with Gasteiger partial charge < -0.3 is 4.74 Å². The molecule has 0 saturated heterocycles. The lowest BCUT2D eigenvalue weighted by atomic mass is 10.0. The van der Waals surface area contributed by atoms with Crippen LogP contribution in [0.15, 0.2) is 54.6 Å². The lowest BCUT2D eigenvalue weighted by Gasteiger charge is -2.09. The number of carbonyl (C=O) groups is 1. The van der Waals surface area contributed by atoms with E-state index >= 15 is 0 Å². The number of ether oxygens (including phenoxy) is 1. The monoisotopic (exact) mass is 299 g/mol. The highest BCUT2D eigenvalue weighted by molar-refractivity contribution is 5.76. The van der Waals surface area contributed by atoms with Crippen molar-refractivity contribution in [2.45, 2.75) is 26.4 Å². The Morgan fingerprint density at radius 1 is 1.05 bits per heavy atom. The zero-order valence-corrected chi connectivity index (χ0v) is 12.9. The molecule has 0 aliphatic heterocycles. The maximum absolute atomic E-state index is 11.6. The van der Waals surface area contributed by atoms with Crippen molar-refractivity contribution < 1.29 is 14.4 Å². The molecule has 2 rings (SSSR count). The summed E-state index contributed by atoms with van der Waals surface area (Å²) in [5.74, 6) is 0.829. The number of hydrogen-bond donors (Lipinski definition) is 1. The summed E-state index contributed by atoms with van der Waals surface area (Å²) in [6.07, 6.45) is 0. The van der Waals surface area contributed by atoms with E-state index in [1.807, 2.05) is 54.6 Å². The molecule has 0 fully saturated rings. The lowest BCUT2D eigenvalue weighted by molar-refractivity contribution is -0.136. The van der Waals surface area contributed by atoms with Crippen LogP contribution in [-0.2, 0) is 16.2 Å². The molecule has 0 spiro atoms. The molecule has 1 amide bonds. The molecule has 22 heavy (non-hydrogen) atoms. The fourth-order valence-corrected chi connectivity index (χ4v) is 1.90. The van der Waals surface area contributed by atoms with Gasteiger partial charge in [0.1, 0.15) is 5.75 Å². The van der Waals surface area contributed by atoms with Gasteiger partial charge in [0.25, 0.3) is 5.91 Å². The molecule has 0 aliphatic rings. The van der Waals surface area contributed by atoms with Crippen LogP contribution in [0.4, 0.5) is 0 Å². The summed E-state index contributed by atoms with van der Waals surface area (Å²) < 4.78 is 5.41. The van der Waals surface area contributed by atoms with Crippen LogP contribution in [0.1, 0.15) is 30.9 Å². The first-order chi connectivity index (χ1) is 10.6.